The summed E-state index contributed by atoms with van der Waals surface area (Å²) in [4.78, 5) is 13.3. The monoisotopic (exact) mass is 362 g/mol. The Morgan fingerprint density at radius 2 is 2.00 bits per heavy atom. The second kappa shape index (κ2) is 5.10. The van der Waals surface area contributed by atoms with Crippen molar-refractivity contribution in [2.75, 3.05) is 4.72 Å². The molecule has 0 saturated heterocycles. The number of nitrogens with one attached hydrogen (secondary N) is 2. The van der Waals surface area contributed by atoms with Crippen molar-refractivity contribution < 1.29 is 8.42 Å². The Morgan fingerprint density at radius 3 is 2.58 bits per heavy atom. The summed E-state index contributed by atoms with van der Waals surface area (Å²) >= 11 is 4.01. The number of sulfonamides is 1. The Hall–Kier alpha value is -1.12. The second-order valence-corrected chi connectivity index (χ2v) is 7.62. The van der Waals surface area contributed by atoms with Crippen molar-refractivity contribution in [1.29, 1.82) is 0 Å². The first-order valence-electron chi connectivity index (χ1n) is 5.29. The van der Waals surface area contributed by atoms with Crippen LogP contribution in [0.25, 0.3) is 0 Å². The molecular weight excluding hydrogens is 352 g/mol. The third-order valence-electron chi connectivity index (χ3n) is 2.46. The Morgan fingerprint density at radius 1 is 1.32 bits per heavy atom. The predicted octanol–water partition coefficient (Wildman–Crippen LogP) is 2.62. The fourth-order valence-corrected chi connectivity index (χ4v) is 4.43. The zero-order valence-electron chi connectivity index (χ0n) is 10.2. The van der Waals surface area contributed by atoms with Crippen LogP contribution < -0.4 is 9.60 Å². The largest absolute Gasteiger partial charge is 0.315 e. The van der Waals surface area contributed by atoms with Crippen molar-refractivity contribution in [2.24, 2.45) is 0 Å². The molecule has 102 valence electrons. The number of halogens is 1. The molecule has 0 aliphatic carbocycles. The fourth-order valence-electron chi connectivity index (χ4n) is 1.56. The third-order valence-corrected chi connectivity index (χ3v) is 6.48. The first-order chi connectivity index (χ1) is 8.81. The summed E-state index contributed by atoms with van der Waals surface area (Å²) < 4.78 is 27.6. The van der Waals surface area contributed by atoms with Gasteiger partial charge in [-0.2, -0.15) is 0 Å². The number of aryl methyl sites for hydroxylation is 2. The summed E-state index contributed by atoms with van der Waals surface area (Å²) in [6.45, 7) is 3.42. The molecule has 8 heteroatoms. The van der Waals surface area contributed by atoms with Crippen molar-refractivity contribution in [3.63, 3.8) is 0 Å². The van der Waals surface area contributed by atoms with Crippen LogP contribution in [0.2, 0.25) is 0 Å². The van der Waals surface area contributed by atoms with Gasteiger partial charge in [-0.1, -0.05) is 23.5 Å². The maximum atomic E-state index is 12.2. The van der Waals surface area contributed by atoms with Gasteiger partial charge >= 0.3 is 4.87 Å². The highest BCUT2D eigenvalue weighted by atomic mass is 79.9. The minimum atomic E-state index is -3.76. The van der Waals surface area contributed by atoms with Gasteiger partial charge in [0.2, 0.25) is 0 Å². The topological polar surface area (TPSA) is 79.0 Å². The van der Waals surface area contributed by atoms with Crippen LogP contribution in [-0.2, 0) is 10.0 Å². The van der Waals surface area contributed by atoms with Crippen molar-refractivity contribution in [1.82, 2.24) is 4.98 Å². The Labute approximate surface area is 122 Å². The number of aromatic nitrogens is 1. The molecule has 1 aromatic heterocycles. The minimum Gasteiger partial charge on any atom is -0.315 e. The van der Waals surface area contributed by atoms with Crippen molar-refractivity contribution >= 4 is 43.0 Å². The van der Waals surface area contributed by atoms with Crippen LogP contribution >= 0.6 is 27.3 Å². The van der Waals surface area contributed by atoms with Gasteiger partial charge in [0.15, 0.2) is 4.21 Å². The smallest absolute Gasteiger partial charge is 0.306 e. The molecule has 2 rings (SSSR count). The van der Waals surface area contributed by atoms with E-state index < -0.39 is 10.0 Å². The quantitative estimate of drug-likeness (QED) is 0.880. The van der Waals surface area contributed by atoms with Gasteiger partial charge in [-0.3, -0.25) is 9.52 Å². The third kappa shape index (κ3) is 2.90. The number of hydrogen-bond donors (Lipinski definition) is 2. The number of aromatic amines is 1. The van der Waals surface area contributed by atoms with Crippen molar-refractivity contribution in [2.45, 2.75) is 18.1 Å². The van der Waals surface area contributed by atoms with Gasteiger partial charge in [0.05, 0.1) is 5.69 Å². The molecule has 5 nitrogen and oxygen atoms in total. The van der Waals surface area contributed by atoms with E-state index in [1.165, 1.54) is 0 Å². The van der Waals surface area contributed by atoms with Gasteiger partial charge in [-0.15, -0.1) is 0 Å². The first-order valence-corrected chi connectivity index (χ1v) is 8.38. The lowest BCUT2D eigenvalue weighted by Gasteiger charge is -2.10. The molecule has 1 aromatic carbocycles. The molecule has 1 heterocycles. The highest BCUT2D eigenvalue weighted by Crippen LogP contribution is 2.28. The number of hydrogen-bond acceptors (Lipinski definition) is 4. The Balaban J connectivity index is 2.45. The summed E-state index contributed by atoms with van der Waals surface area (Å²) in [5.74, 6) is 0. The standard InChI is InChI=1S/C11H11BrN2O3S2/c1-6-4-3-5-8(9(6)12)14-19(16,17)10-7(2)13-11(15)18-10/h3-5,14H,1-2H3,(H,13,15). The van der Waals surface area contributed by atoms with E-state index in [0.29, 0.717) is 27.2 Å². The maximum absolute atomic E-state index is 12.2. The highest BCUT2D eigenvalue weighted by Gasteiger charge is 2.21. The molecule has 19 heavy (non-hydrogen) atoms. The second-order valence-electron chi connectivity index (χ2n) is 3.97. The van der Waals surface area contributed by atoms with E-state index >= 15 is 0 Å². The zero-order valence-corrected chi connectivity index (χ0v) is 13.4. The van der Waals surface area contributed by atoms with E-state index in [4.69, 9.17) is 0 Å². The van der Waals surface area contributed by atoms with Gasteiger partial charge in [-0.05, 0) is 41.4 Å². The molecule has 0 radical (unpaired) electrons. The summed E-state index contributed by atoms with van der Waals surface area (Å²) in [7, 11) is -3.76. The normalized spacial score (nSPS) is 11.5. The van der Waals surface area contributed by atoms with E-state index in [1.807, 2.05) is 13.0 Å². The minimum absolute atomic E-state index is 0.00547. The van der Waals surface area contributed by atoms with E-state index in [-0.39, 0.29) is 9.08 Å². The van der Waals surface area contributed by atoms with Gasteiger partial charge in [0.25, 0.3) is 10.0 Å². The predicted molar refractivity (Wildman–Crippen MR) is 79.4 cm³/mol. The van der Waals surface area contributed by atoms with Gasteiger partial charge < -0.3 is 4.98 Å². The van der Waals surface area contributed by atoms with E-state index in [9.17, 15) is 13.2 Å². The van der Waals surface area contributed by atoms with Crippen LogP contribution in [0.3, 0.4) is 0 Å². The molecule has 0 fully saturated rings. The van der Waals surface area contributed by atoms with Crippen LogP contribution in [0, 0.1) is 13.8 Å². The highest BCUT2D eigenvalue weighted by molar-refractivity contribution is 9.10. The summed E-state index contributed by atoms with van der Waals surface area (Å²) in [5.41, 5.74) is 1.70. The van der Waals surface area contributed by atoms with E-state index in [0.717, 1.165) is 5.56 Å². The van der Waals surface area contributed by atoms with E-state index in [2.05, 4.69) is 25.6 Å². The van der Waals surface area contributed by atoms with Crippen LogP contribution in [0.1, 0.15) is 11.3 Å². The van der Waals surface area contributed by atoms with Crippen LogP contribution in [0.15, 0.2) is 31.7 Å². The van der Waals surface area contributed by atoms with Crippen molar-refractivity contribution in [3.8, 4) is 0 Å². The molecule has 0 amide bonds. The maximum Gasteiger partial charge on any atom is 0.306 e. The molecule has 0 spiro atoms. The lowest BCUT2D eigenvalue weighted by atomic mass is 10.2. The SMILES string of the molecule is Cc1cccc(NS(=O)(=O)c2sc(=O)[nH]c2C)c1Br. The molecular formula is C11H11BrN2O3S2. The number of thiazole rings is 1. The average molecular weight is 363 g/mol. The summed E-state index contributed by atoms with van der Waals surface area (Å²) in [6.07, 6.45) is 0. The zero-order chi connectivity index (χ0) is 14.2. The van der Waals surface area contributed by atoms with Gasteiger partial charge in [0, 0.05) is 10.2 Å². The van der Waals surface area contributed by atoms with E-state index in [1.54, 1.807) is 19.1 Å². The molecule has 0 atom stereocenters. The first kappa shape index (κ1) is 14.3. The van der Waals surface area contributed by atoms with Gasteiger partial charge in [-0.25, -0.2) is 8.42 Å². The molecule has 2 N–H and O–H groups in total. The lowest BCUT2D eigenvalue weighted by Crippen LogP contribution is -2.13. The number of H-pyrrole nitrogens is 1. The summed E-state index contributed by atoms with van der Waals surface area (Å²) in [6, 6.07) is 5.27. The number of benzene rings is 1. The lowest BCUT2D eigenvalue weighted by molar-refractivity contribution is 0.602. The Bertz CT molecular complexity index is 777. The number of anilines is 1. The molecule has 0 unspecified atom stereocenters. The average Bonchev–Trinajstić information content (AvgIpc) is 2.65. The summed E-state index contributed by atoms with van der Waals surface area (Å²) in [5, 5.41) is 0. The van der Waals surface area contributed by atoms with Crippen LogP contribution in [-0.4, -0.2) is 13.4 Å². The Kier molecular flexibility index (Phi) is 3.84. The van der Waals surface area contributed by atoms with Crippen LogP contribution in [0.4, 0.5) is 5.69 Å². The van der Waals surface area contributed by atoms with Crippen LogP contribution in [0.5, 0.6) is 0 Å². The molecule has 0 saturated carbocycles. The van der Waals surface area contributed by atoms with Gasteiger partial charge in [0.1, 0.15) is 0 Å². The fraction of sp³-hybridized carbons (Fsp3) is 0.182. The molecule has 0 bridgehead atoms. The molecule has 0 aliphatic rings. The number of rotatable bonds is 3. The van der Waals surface area contributed by atoms with Crippen molar-refractivity contribution in [3.05, 3.63) is 43.6 Å². The molecule has 2 aromatic rings. The molecule has 0 aliphatic heterocycles.